The first-order valence-electron chi connectivity index (χ1n) is 9.30. The lowest BCUT2D eigenvalue weighted by atomic mass is 10.1. The van der Waals surface area contributed by atoms with Crippen molar-refractivity contribution < 1.29 is 0 Å². The number of likely N-dealkylation sites (N-methyl/N-ethyl adjacent to an activating group) is 1. The number of rotatable bonds is 7. The largest absolute Gasteiger partial charge is 0.369 e. The lowest BCUT2D eigenvalue weighted by Crippen LogP contribution is -2.45. The second-order valence-corrected chi connectivity index (χ2v) is 7.19. The fourth-order valence-corrected chi connectivity index (χ4v) is 3.43. The van der Waals surface area contributed by atoms with E-state index in [0.29, 0.717) is 6.54 Å². The Hall–Kier alpha value is -0.990. The second kappa shape index (κ2) is 12.5. The molecule has 1 N–H and O–H groups in total. The van der Waals surface area contributed by atoms with Gasteiger partial charge in [0.15, 0.2) is 5.96 Å². The number of aliphatic imine (C=N–C) groups is 1. The van der Waals surface area contributed by atoms with Gasteiger partial charge in [-0.25, -0.2) is 0 Å². The molecule has 1 aliphatic heterocycles. The van der Waals surface area contributed by atoms with Gasteiger partial charge in [-0.05, 0) is 32.0 Å². The number of hydrogen-bond donors (Lipinski definition) is 1. The summed E-state index contributed by atoms with van der Waals surface area (Å²) in [5, 5.41) is 4.27. The van der Waals surface area contributed by atoms with Crippen molar-refractivity contribution in [2.24, 2.45) is 4.99 Å². The smallest absolute Gasteiger partial charge is 0.193 e. The highest BCUT2D eigenvalue weighted by Crippen LogP contribution is 2.28. The monoisotopic (exact) mass is 505 g/mol. The number of guanidine groups is 1. The van der Waals surface area contributed by atoms with E-state index >= 15 is 0 Å². The predicted octanol–water partition coefficient (Wildman–Crippen LogP) is 3.68. The van der Waals surface area contributed by atoms with Gasteiger partial charge in [0.2, 0.25) is 0 Å². The van der Waals surface area contributed by atoms with Crippen LogP contribution in [0.2, 0.25) is 5.02 Å². The molecular formula is C20H33ClIN5. The van der Waals surface area contributed by atoms with Crippen LogP contribution in [0.1, 0.15) is 18.4 Å². The fraction of sp³-hybridized carbons (Fsp3) is 0.550. The highest BCUT2D eigenvalue weighted by Gasteiger charge is 2.18. The van der Waals surface area contributed by atoms with Crippen LogP contribution in [-0.2, 0) is 6.54 Å². The Morgan fingerprint density at radius 1 is 1.33 bits per heavy atom. The number of allylic oxidation sites excluding steroid dienone is 1. The van der Waals surface area contributed by atoms with E-state index in [2.05, 4.69) is 51.7 Å². The summed E-state index contributed by atoms with van der Waals surface area (Å²) in [6, 6.07) is 6.18. The van der Waals surface area contributed by atoms with Crippen molar-refractivity contribution in [3.05, 3.63) is 41.4 Å². The van der Waals surface area contributed by atoms with E-state index in [9.17, 15) is 0 Å². The lowest BCUT2D eigenvalue weighted by molar-refractivity contribution is 0.312. The summed E-state index contributed by atoms with van der Waals surface area (Å²) in [5.41, 5.74) is 2.36. The third-order valence-electron chi connectivity index (χ3n) is 4.84. The Labute approximate surface area is 186 Å². The number of hydrogen-bond acceptors (Lipinski definition) is 3. The molecule has 0 spiro atoms. The van der Waals surface area contributed by atoms with Crippen molar-refractivity contribution in [3.8, 4) is 0 Å². The van der Waals surface area contributed by atoms with Gasteiger partial charge in [-0.1, -0.05) is 23.7 Å². The Balaban J connectivity index is 0.00000364. The molecule has 1 aromatic carbocycles. The molecule has 0 unspecified atom stereocenters. The minimum Gasteiger partial charge on any atom is -0.369 e. The average molecular weight is 506 g/mol. The molecule has 27 heavy (non-hydrogen) atoms. The zero-order valence-corrected chi connectivity index (χ0v) is 19.8. The van der Waals surface area contributed by atoms with Crippen molar-refractivity contribution in [3.63, 3.8) is 0 Å². The van der Waals surface area contributed by atoms with Gasteiger partial charge >= 0.3 is 0 Å². The number of unbranched alkanes of at least 4 members (excludes halogenated alkanes) is 1. The van der Waals surface area contributed by atoms with E-state index in [0.717, 1.165) is 62.1 Å². The fourth-order valence-electron chi connectivity index (χ4n) is 3.20. The molecule has 0 aromatic heterocycles. The van der Waals surface area contributed by atoms with Crippen LogP contribution in [0.3, 0.4) is 0 Å². The molecule has 0 bridgehead atoms. The zero-order chi connectivity index (χ0) is 18.9. The van der Waals surface area contributed by atoms with Crippen molar-refractivity contribution in [2.75, 3.05) is 58.8 Å². The molecule has 152 valence electrons. The van der Waals surface area contributed by atoms with Crippen molar-refractivity contribution in [1.82, 2.24) is 15.1 Å². The van der Waals surface area contributed by atoms with Gasteiger partial charge in [0, 0.05) is 69.6 Å². The van der Waals surface area contributed by atoms with Gasteiger partial charge < -0.3 is 20.0 Å². The van der Waals surface area contributed by atoms with Crippen LogP contribution < -0.4 is 10.2 Å². The first-order chi connectivity index (χ1) is 12.6. The third kappa shape index (κ3) is 7.16. The summed E-state index contributed by atoms with van der Waals surface area (Å²) in [5.74, 6) is 0.887. The lowest BCUT2D eigenvalue weighted by Gasteiger charge is -2.35. The predicted molar refractivity (Wildman–Crippen MR) is 129 cm³/mol. The van der Waals surface area contributed by atoms with Crippen LogP contribution >= 0.6 is 35.6 Å². The number of halogens is 2. The quantitative estimate of drug-likeness (QED) is 0.202. The summed E-state index contributed by atoms with van der Waals surface area (Å²) >= 11 is 6.54. The molecular weight excluding hydrogens is 473 g/mol. The Morgan fingerprint density at radius 3 is 2.67 bits per heavy atom. The maximum atomic E-state index is 6.54. The molecule has 1 aromatic rings. The van der Waals surface area contributed by atoms with Crippen LogP contribution in [0.25, 0.3) is 0 Å². The topological polar surface area (TPSA) is 34.1 Å². The molecule has 1 heterocycles. The van der Waals surface area contributed by atoms with Crippen LogP contribution in [0.5, 0.6) is 0 Å². The molecule has 1 aliphatic rings. The molecule has 2 rings (SSSR count). The second-order valence-electron chi connectivity index (χ2n) is 6.78. The summed E-state index contributed by atoms with van der Waals surface area (Å²) < 4.78 is 0. The molecule has 1 saturated heterocycles. The Bertz CT molecular complexity index is 614. The van der Waals surface area contributed by atoms with Crippen molar-refractivity contribution >= 4 is 47.2 Å². The van der Waals surface area contributed by atoms with Crippen molar-refractivity contribution in [1.29, 1.82) is 0 Å². The summed E-state index contributed by atoms with van der Waals surface area (Å²) in [6.07, 6.45) is 4.04. The summed E-state index contributed by atoms with van der Waals surface area (Å²) in [6.45, 7) is 9.60. The van der Waals surface area contributed by atoms with Gasteiger partial charge in [-0.2, -0.15) is 0 Å². The van der Waals surface area contributed by atoms with Gasteiger partial charge in [-0.15, -0.1) is 30.6 Å². The Morgan fingerprint density at radius 2 is 2.04 bits per heavy atom. The molecule has 0 radical (unpaired) electrons. The van der Waals surface area contributed by atoms with Crippen molar-refractivity contribution in [2.45, 2.75) is 19.4 Å². The highest BCUT2D eigenvalue weighted by atomic mass is 127. The van der Waals surface area contributed by atoms with E-state index in [1.807, 2.05) is 25.3 Å². The SMILES string of the molecule is C=CCCCN(C)C(=NC)NCc1c(Cl)cccc1N1CCN(C)CC1.I. The van der Waals surface area contributed by atoms with Crippen LogP contribution in [0.15, 0.2) is 35.8 Å². The zero-order valence-electron chi connectivity index (χ0n) is 16.7. The van der Waals surface area contributed by atoms with E-state index in [1.54, 1.807) is 0 Å². The highest BCUT2D eigenvalue weighted by molar-refractivity contribution is 14.0. The molecule has 0 atom stereocenters. The van der Waals surface area contributed by atoms with E-state index < -0.39 is 0 Å². The number of nitrogens with one attached hydrogen (secondary N) is 1. The molecule has 0 amide bonds. The molecule has 7 heteroatoms. The molecule has 0 saturated carbocycles. The van der Waals surface area contributed by atoms with Crippen LogP contribution in [-0.4, -0.2) is 69.6 Å². The first kappa shape index (κ1) is 24.0. The molecule has 1 fully saturated rings. The van der Waals surface area contributed by atoms with Crippen LogP contribution in [0, 0.1) is 0 Å². The minimum absolute atomic E-state index is 0. The average Bonchev–Trinajstić information content (AvgIpc) is 2.64. The number of benzene rings is 1. The number of piperazine rings is 1. The molecule has 0 aliphatic carbocycles. The Kier molecular flexibility index (Phi) is 11.1. The maximum absolute atomic E-state index is 6.54. The van der Waals surface area contributed by atoms with E-state index in [-0.39, 0.29) is 24.0 Å². The first-order valence-corrected chi connectivity index (χ1v) is 9.68. The minimum atomic E-state index is 0. The maximum Gasteiger partial charge on any atom is 0.193 e. The normalized spacial score (nSPS) is 15.3. The van der Waals surface area contributed by atoms with Crippen LogP contribution in [0.4, 0.5) is 5.69 Å². The number of nitrogens with zero attached hydrogens (tertiary/aromatic N) is 4. The molecule has 5 nitrogen and oxygen atoms in total. The standard InChI is InChI=1S/C20H32ClN5.HI/c1-5-6-7-11-25(4)20(22-2)23-16-17-18(21)9-8-10-19(17)26-14-12-24(3)13-15-26;/h5,8-10H,1,6-7,11-16H2,2-4H3,(H,22,23);1H. The number of anilines is 1. The van der Waals surface area contributed by atoms with E-state index in [4.69, 9.17) is 11.6 Å². The van der Waals surface area contributed by atoms with E-state index in [1.165, 1.54) is 5.69 Å². The van der Waals surface area contributed by atoms with Gasteiger partial charge in [-0.3, -0.25) is 4.99 Å². The van der Waals surface area contributed by atoms with Gasteiger partial charge in [0.25, 0.3) is 0 Å². The van der Waals surface area contributed by atoms with Gasteiger partial charge in [0.05, 0.1) is 0 Å². The summed E-state index contributed by atoms with van der Waals surface area (Å²) in [7, 11) is 6.05. The third-order valence-corrected chi connectivity index (χ3v) is 5.19. The van der Waals surface area contributed by atoms with Gasteiger partial charge in [0.1, 0.15) is 0 Å². The summed E-state index contributed by atoms with van der Waals surface area (Å²) in [4.78, 5) is 11.3.